The Balaban J connectivity index is 1.72. The maximum absolute atomic E-state index is 13.0. The molecule has 4 aromatic rings. The number of halogens is 1. The van der Waals surface area contributed by atoms with E-state index in [1.807, 2.05) is 36.4 Å². The second kappa shape index (κ2) is 8.42. The fourth-order valence-corrected chi connectivity index (χ4v) is 3.19. The van der Waals surface area contributed by atoms with Crippen LogP contribution in [0.2, 0.25) is 5.02 Å². The van der Waals surface area contributed by atoms with Gasteiger partial charge in [-0.1, -0.05) is 28.9 Å². The molecule has 0 aliphatic carbocycles. The number of benzene rings is 2. The zero-order valence-corrected chi connectivity index (χ0v) is 17.2. The van der Waals surface area contributed by atoms with E-state index < -0.39 is 0 Å². The van der Waals surface area contributed by atoms with Gasteiger partial charge in [0.1, 0.15) is 17.7 Å². The SMILES string of the molecule is COc1ccc(-n2nc(C(=O)N(C)Cc3ccon3)cc2-c2ccc(Cl)cc2)cc1. The van der Waals surface area contributed by atoms with Crippen molar-refractivity contribution in [2.75, 3.05) is 14.2 Å². The molecule has 0 unspecified atom stereocenters. The number of methoxy groups -OCH3 is 1. The van der Waals surface area contributed by atoms with Crippen LogP contribution < -0.4 is 4.74 Å². The van der Waals surface area contributed by atoms with Gasteiger partial charge < -0.3 is 14.2 Å². The van der Waals surface area contributed by atoms with Crippen molar-refractivity contribution in [3.63, 3.8) is 0 Å². The Labute approximate surface area is 178 Å². The predicted molar refractivity (Wildman–Crippen MR) is 113 cm³/mol. The summed E-state index contributed by atoms with van der Waals surface area (Å²) in [5.74, 6) is 0.517. The smallest absolute Gasteiger partial charge is 0.274 e. The Morgan fingerprint density at radius 2 is 1.87 bits per heavy atom. The summed E-state index contributed by atoms with van der Waals surface area (Å²) in [5.41, 5.74) is 3.45. The maximum Gasteiger partial charge on any atom is 0.274 e. The second-order valence-electron chi connectivity index (χ2n) is 6.68. The molecule has 30 heavy (non-hydrogen) atoms. The minimum absolute atomic E-state index is 0.222. The van der Waals surface area contributed by atoms with Crippen LogP contribution in [0, 0.1) is 0 Å². The molecule has 2 heterocycles. The number of nitrogens with zero attached hydrogens (tertiary/aromatic N) is 4. The Morgan fingerprint density at radius 3 is 2.50 bits per heavy atom. The lowest BCUT2D eigenvalue weighted by molar-refractivity contribution is 0.0776. The number of rotatable bonds is 6. The van der Waals surface area contributed by atoms with Gasteiger partial charge in [0.15, 0.2) is 5.69 Å². The number of aromatic nitrogens is 3. The lowest BCUT2D eigenvalue weighted by Gasteiger charge is -2.13. The molecule has 8 heteroatoms. The molecule has 1 amide bonds. The van der Waals surface area contributed by atoms with Gasteiger partial charge in [-0.25, -0.2) is 4.68 Å². The summed E-state index contributed by atoms with van der Waals surface area (Å²) in [6, 6.07) is 18.4. The van der Waals surface area contributed by atoms with Gasteiger partial charge in [0.25, 0.3) is 5.91 Å². The molecule has 2 aromatic carbocycles. The summed E-state index contributed by atoms with van der Waals surface area (Å²) in [6.45, 7) is 0.320. The van der Waals surface area contributed by atoms with Crippen molar-refractivity contribution in [3.8, 4) is 22.7 Å². The van der Waals surface area contributed by atoms with Gasteiger partial charge >= 0.3 is 0 Å². The summed E-state index contributed by atoms with van der Waals surface area (Å²) in [5, 5.41) is 9.09. The van der Waals surface area contributed by atoms with Crippen molar-refractivity contribution in [1.82, 2.24) is 19.8 Å². The van der Waals surface area contributed by atoms with Crippen LogP contribution in [0.1, 0.15) is 16.2 Å². The molecular weight excluding hydrogens is 404 g/mol. The first-order chi connectivity index (χ1) is 14.5. The van der Waals surface area contributed by atoms with Gasteiger partial charge in [-0.2, -0.15) is 5.10 Å². The Hall–Kier alpha value is -3.58. The highest BCUT2D eigenvalue weighted by Gasteiger charge is 2.20. The maximum atomic E-state index is 13.0. The Kier molecular flexibility index (Phi) is 5.54. The van der Waals surface area contributed by atoms with Gasteiger partial charge in [0.2, 0.25) is 0 Å². The predicted octanol–water partition coefficient (Wildman–Crippen LogP) is 4.46. The summed E-state index contributed by atoms with van der Waals surface area (Å²) in [7, 11) is 3.31. The molecule has 152 valence electrons. The lowest BCUT2D eigenvalue weighted by Crippen LogP contribution is -2.26. The highest BCUT2D eigenvalue weighted by Crippen LogP contribution is 2.27. The van der Waals surface area contributed by atoms with Crippen LogP contribution in [0.4, 0.5) is 0 Å². The van der Waals surface area contributed by atoms with Gasteiger partial charge in [-0.3, -0.25) is 4.79 Å². The fraction of sp³-hybridized carbons (Fsp3) is 0.136. The molecule has 0 aliphatic heterocycles. The average Bonchev–Trinajstić information content (AvgIpc) is 3.44. The molecule has 0 aliphatic rings. The van der Waals surface area contributed by atoms with Crippen LogP contribution in [0.15, 0.2) is 71.4 Å². The fourth-order valence-electron chi connectivity index (χ4n) is 3.06. The first kappa shape index (κ1) is 19.7. The minimum atomic E-state index is -0.222. The zero-order valence-electron chi connectivity index (χ0n) is 16.4. The molecule has 0 bridgehead atoms. The first-order valence-electron chi connectivity index (χ1n) is 9.20. The number of carbonyl (C=O) groups is 1. The van der Waals surface area contributed by atoms with Crippen molar-refractivity contribution in [2.24, 2.45) is 0 Å². The standard InChI is InChI=1S/C22H19ClN4O3/c1-26(14-17-11-12-30-25-17)22(28)20-13-21(15-3-5-16(23)6-4-15)27(24-20)18-7-9-19(29-2)10-8-18/h3-13H,14H2,1-2H3. The topological polar surface area (TPSA) is 73.4 Å². The molecule has 0 fully saturated rings. The van der Waals surface area contributed by atoms with E-state index in [0.29, 0.717) is 23.0 Å². The summed E-state index contributed by atoms with van der Waals surface area (Å²) >= 11 is 6.04. The zero-order chi connectivity index (χ0) is 21.1. The van der Waals surface area contributed by atoms with Crippen LogP contribution in [0.25, 0.3) is 16.9 Å². The first-order valence-corrected chi connectivity index (χ1v) is 9.58. The number of amides is 1. The van der Waals surface area contributed by atoms with E-state index in [1.54, 1.807) is 48.0 Å². The molecule has 0 saturated carbocycles. The van der Waals surface area contributed by atoms with E-state index in [2.05, 4.69) is 10.3 Å². The molecular formula is C22H19ClN4O3. The summed E-state index contributed by atoms with van der Waals surface area (Å²) < 4.78 is 11.8. The number of ether oxygens (including phenoxy) is 1. The third kappa shape index (κ3) is 4.06. The van der Waals surface area contributed by atoms with Crippen molar-refractivity contribution in [3.05, 3.63) is 83.3 Å². The van der Waals surface area contributed by atoms with Crippen molar-refractivity contribution in [2.45, 2.75) is 6.54 Å². The highest BCUT2D eigenvalue weighted by atomic mass is 35.5. The molecule has 0 atom stereocenters. The van der Waals surface area contributed by atoms with Crippen LogP contribution in [0.3, 0.4) is 0 Å². The van der Waals surface area contributed by atoms with Crippen LogP contribution >= 0.6 is 11.6 Å². The van der Waals surface area contributed by atoms with Gasteiger partial charge in [0, 0.05) is 23.7 Å². The van der Waals surface area contributed by atoms with Crippen molar-refractivity contribution < 1.29 is 14.1 Å². The normalized spacial score (nSPS) is 10.8. The quantitative estimate of drug-likeness (QED) is 0.458. The summed E-state index contributed by atoms with van der Waals surface area (Å²) in [6.07, 6.45) is 1.48. The Morgan fingerprint density at radius 1 is 1.13 bits per heavy atom. The third-order valence-corrected chi connectivity index (χ3v) is 4.87. The van der Waals surface area contributed by atoms with E-state index in [0.717, 1.165) is 22.7 Å². The Bertz CT molecular complexity index is 1140. The average molecular weight is 423 g/mol. The third-order valence-electron chi connectivity index (χ3n) is 4.62. The van der Waals surface area contributed by atoms with E-state index in [1.165, 1.54) is 6.26 Å². The number of carbonyl (C=O) groups excluding carboxylic acids is 1. The van der Waals surface area contributed by atoms with E-state index >= 15 is 0 Å². The van der Waals surface area contributed by atoms with E-state index in [9.17, 15) is 4.79 Å². The lowest BCUT2D eigenvalue weighted by atomic mass is 10.1. The number of hydrogen-bond acceptors (Lipinski definition) is 5. The second-order valence-corrected chi connectivity index (χ2v) is 7.12. The molecule has 0 radical (unpaired) electrons. The van der Waals surface area contributed by atoms with Gasteiger partial charge in [0.05, 0.1) is 25.0 Å². The van der Waals surface area contributed by atoms with Crippen LogP contribution in [0.5, 0.6) is 5.75 Å². The summed E-state index contributed by atoms with van der Waals surface area (Å²) in [4.78, 5) is 14.6. The van der Waals surface area contributed by atoms with Crippen molar-refractivity contribution in [1.29, 1.82) is 0 Å². The van der Waals surface area contributed by atoms with Gasteiger partial charge in [-0.15, -0.1) is 0 Å². The molecule has 7 nitrogen and oxygen atoms in total. The largest absolute Gasteiger partial charge is 0.497 e. The van der Waals surface area contributed by atoms with Crippen molar-refractivity contribution >= 4 is 17.5 Å². The van der Waals surface area contributed by atoms with E-state index in [4.69, 9.17) is 20.9 Å². The minimum Gasteiger partial charge on any atom is -0.497 e. The molecule has 4 rings (SSSR count). The van der Waals surface area contributed by atoms with Crippen LogP contribution in [-0.4, -0.2) is 39.9 Å². The molecule has 0 saturated heterocycles. The van der Waals surface area contributed by atoms with E-state index in [-0.39, 0.29) is 5.91 Å². The van der Waals surface area contributed by atoms with Crippen LogP contribution in [-0.2, 0) is 6.54 Å². The number of hydrogen-bond donors (Lipinski definition) is 0. The monoisotopic (exact) mass is 422 g/mol. The van der Waals surface area contributed by atoms with Gasteiger partial charge in [-0.05, 0) is 42.5 Å². The highest BCUT2D eigenvalue weighted by molar-refractivity contribution is 6.30. The molecule has 0 spiro atoms. The molecule has 2 aromatic heterocycles. The molecule has 0 N–H and O–H groups in total.